The van der Waals surface area contributed by atoms with E-state index in [2.05, 4.69) is 15.2 Å². The number of aromatic nitrogens is 4. The molecule has 4 rings (SSSR count). The van der Waals surface area contributed by atoms with Crippen molar-refractivity contribution in [2.24, 2.45) is 0 Å². The number of fused-ring (bicyclic) bond motifs is 1. The van der Waals surface area contributed by atoms with Crippen LogP contribution >= 0.6 is 24.2 Å². The van der Waals surface area contributed by atoms with Gasteiger partial charge in [-0.2, -0.15) is 0 Å². The number of carbonyl (C=O) groups is 2. The molecule has 0 unspecified atom stereocenters. The predicted molar refractivity (Wildman–Crippen MR) is 109 cm³/mol. The van der Waals surface area contributed by atoms with Crippen LogP contribution in [0.2, 0.25) is 0 Å². The van der Waals surface area contributed by atoms with Gasteiger partial charge in [0.15, 0.2) is 10.9 Å². The van der Waals surface area contributed by atoms with Crippen LogP contribution in [0.5, 0.6) is 0 Å². The zero-order valence-corrected chi connectivity index (χ0v) is 17.7. The molecule has 0 spiro atoms. The molecule has 1 saturated heterocycles. The Bertz CT molecular complexity index is 1010. The van der Waals surface area contributed by atoms with Crippen LogP contribution in [0.4, 0.5) is 0 Å². The fraction of sp³-hybridized carbons (Fsp3) is 0.389. The summed E-state index contributed by atoms with van der Waals surface area (Å²) >= 11 is 1.35. The normalized spacial score (nSPS) is 14.1. The molecule has 1 fully saturated rings. The van der Waals surface area contributed by atoms with Crippen LogP contribution in [0.15, 0.2) is 34.0 Å². The Morgan fingerprint density at radius 2 is 1.86 bits per heavy atom. The second kappa shape index (κ2) is 8.83. The summed E-state index contributed by atoms with van der Waals surface area (Å²) in [6, 6.07) is 5.30. The lowest BCUT2D eigenvalue weighted by molar-refractivity contribution is -0.129. The number of amides is 2. The third-order valence-electron chi connectivity index (χ3n) is 4.64. The van der Waals surface area contributed by atoms with E-state index in [1.165, 1.54) is 18.0 Å². The Morgan fingerprint density at radius 3 is 2.55 bits per heavy atom. The molecule has 0 radical (unpaired) electrons. The zero-order valence-electron chi connectivity index (χ0n) is 16.1. The van der Waals surface area contributed by atoms with Crippen LogP contribution in [0.3, 0.4) is 0 Å². The highest BCUT2D eigenvalue weighted by Crippen LogP contribution is 2.19. The first-order valence-corrected chi connectivity index (χ1v) is 9.94. The number of thioether (sulfide) groups is 1. The van der Waals surface area contributed by atoms with Crippen LogP contribution in [-0.2, 0) is 4.79 Å². The maximum Gasteiger partial charge on any atom is 0.289 e. The molecule has 0 atom stereocenters. The van der Waals surface area contributed by atoms with Gasteiger partial charge in [0.05, 0.1) is 12.0 Å². The van der Waals surface area contributed by atoms with Gasteiger partial charge in [0.25, 0.3) is 11.7 Å². The van der Waals surface area contributed by atoms with Crippen molar-refractivity contribution in [3.05, 3.63) is 41.6 Å². The van der Waals surface area contributed by atoms with Gasteiger partial charge in [0.1, 0.15) is 0 Å². The smallest absolute Gasteiger partial charge is 0.289 e. The summed E-state index contributed by atoms with van der Waals surface area (Å²) in [6.45, 7) is 5.87. The van der Waals surface area contributed by atoms with Gasteiger partial charge in [-0.15, -0.1) is 22.6 Å². The van der Waals surface area contributed by atoms with Crippen molar-refractivity contribution in [3.63, 3.8) is 0 Å². The van der Waals surface area contributed by atoms with Gasteiger partial charge in [-0.25, -0.2) is 4.98 Å². The molecule has 1 aliphatic rings. The Morgan fingerprint density at radius 1 is 1.14 bits per heavy atom. The number of aryl methyl sites for hydroxylation is 2. The standard InChI is InChI=1S/C18H20N6O3S.ClH/c1-12-10-13(2)24-17(19-12)20-21-18(24)28-11-15(25)22-5-7-23(8-6-22)16(26)14-4-3-9-27-14;/h3-4,9-10H,5-8,11H2,1-2H3;1H. The third-order valence-corrected chi connectivity index (χ3v) is 5.55. The average Bonchev–Trinajstić information content (AvgIpc) is 3.35. The maximum atomic E-state index is 12.6. The zero-order chi connectivity index (χ0) is 19.7. The highest BCUT2D eigenvalue weighted by atomic mass is 35.5. The average molecular weight is 437 g/mol. The van der Waals surface area contributed by atoms with E-state index in [9.17, 15) is 9.59 Å². The van der Waals surface area contributed by atoms with Gasteiger partial charge in [0, 0.05) is 37.6 Å². The Kier molecular flexibility index (Phi) is 6.43. The van der Waals surface area contributed by atoms with E-state index >= 15 is 0 Å². The van der Waals surface area contributed by atoms with Crippen LogP contribution in [0.1, 0.15) is 21.9 Å². The van der Waals surface area contributed by atoms with E-state index in [0.717, 1.165) is 11.4 Å². The molecule has 29 heavy (non-hydrogen) atoms. The van der Waals surface area contributed by atoms with Gasteiger partial charge in [-0.3, -0.25) is 14.0 Å². The van der Waals surface area contributed by atoms with Crippen molar-refractivity contribution in [1.82, 2.24) is 29.4 Å². The molecule has 4 heterocycles. The summed E-state index contributed by atoms with van der Waals surface area (Å²) in [7, 11) is 0. The molecule has 3 aromatic heterocycles. The van der Waals surface area contributed by atoms with E-state index in [-0.39, 0.29) is 30.0 Å². The minimum atomic E-state index is -0.139. The number of carbonyl (C=O) groups excluding carboxylic acids is 2. The van der Waals surface area contributed by atoms with Crippen molar-refractivity contribution >= 4 is 41.8 Å². The molecule has 1 aliphatic heterocycles. The minimum Gasteiger partial charge on any atom is -0.459 e. The Balaban J connectivity index is 0.00000240. The Labute approximate surface area is 177 Å². The molecule has 2 amide bonds. The lowest BCUT2D eigenvalue weighted by Gasteiger charge is -2.34. The largest absolute Gasteiger partial charge is 0.459 e. The second-order valence-corrected chi connectivity index (χ2v) is 7.54. The number of furan rings is 1. The monoisotopic (exact) mass is 436 g/mol. The van der Waals surface area contributed by atoms with E-state index in [1.54, 1.807) is 21.9 Å². The van der Waals surface area contributed by atoms with Gasteiger partial charge in [-0.05, 0) is 32.0 Å². The molecule has 9 nitrogen and oxygen atoms in total. The highest BCUT2D eigenvalue weighted by Gasteiger charge is 2.26. The van der Waals surface area contributed by atoms with E-state index in [4.69, 9.17) is 4.42 Å². The quantitative estimate of drug-likeness (QED) is 0.575. The number of hydrogen-bond acceptors (Lipinski definition) is 7. The van der Waals surface area contributed by atoms with Crippen molar-refractivity contribution in [2.45, 2.75) is 19.0 Å². The summed E-state index contributed by atoms with van der Waals surface area (Å²) < 4.78 is 7.01. The summed E-state index contributed by atoms with van der Waals surface area (Å²) in [4.78, 5) is 32.7. The summed E-state index contributed by atoms with van der Waals surface area (Å²) in [5.74, 6) is 1.01. The summed E-state index contributed by atoms with van der Waals surface area (Å²) in [5.41, 5.74) is 1.86. The van der Waals surface area contributed by atoms with Gasteiger partial charge < -0.3 is 14.2 Å². The molecule has 0 aromatic carbocycles. The van der Waals surface area contributed by atoms with Gasteiger partial charge >= 0.3 is 0 Å². The van der Waals surface area contributed by atoms with E-state index < -0.39 is 0 Å². The van der Waals surface area contributed by atoms with Crippen molar-refractivity contribution in [1.29, 1.82) is 0 Å². The van der Waals surface area contributed by atoms with Crippen LogP contribution < -0.4 is 0 Å². The SMILES string of the molecule is Cc1cc(C)n2c(SCC(=O)N3CCN(C(=O)c4ccco4)CC3)nnc2n1.Cl. The fourth-order valence-electron chi connectivity index (χ4n) is 3.23. The summed E-state index contributed by atoms with van der Waals surface area (Å²) in [5, 5.41) is 8.90. The molecule has 154 valence electrons. The van der Waals surface area contributed by atoms with Crippen LogP contribution in [0.25, 0.3) is 5.78 Å². The van der Waals surface area contributed by atoms with Gasteiger partial charge in [0.2, 0.25) is 5.91 Å². The van der Waals surface area contributed by atoms with Crippen molar-refractivity contribution in [3.8, 4) is 0 Å². The number of hydrogen-bond donors (Lipinski definition) is 0. The molecular formula is C18H21ClN6O3S. The van der Waals surface area contributed by atoms with E-state index in [1.807, 2.05) is 24.3 Å². The number of piperazine rings is 1. The first kappa shape index (κ1) is 21.1. The lowest BCUT2D eigenvalue weighted by atomic mass is 10.3. The van der Waals surface area contributed by atoms with E-state index in [0.29, 0.717) is 42.9 Å². The number of halogens is 1. The number of nitrogens with zero attached hydrogens (tertiary/aromatic N) is 6. The molecule has 0 N–H and O–H groups in total. The topological polar surface area (TPSA) is 96.8 Å². The molecule has 0 bridgehead atoms. The summed E-state index contributed by atoms with van der Waals surface area (Å²) in [6.07, 6.45) is 1.48. The maximum absolute atomic E-state index is 12.6. The fourth-order valence-corrected chi connectivity index (χ4v) is 4.11. The minimum absolute atomic E-state index is 0. The molecule has 3 aromatic rings. The highest BCUT2D eigenvalue weighted by molar-refractivity contribution is 7.99. The molecule has 0 aliphatic carbocycles. The van der Waals surface area contributed by atoms with Crippen LogP contribution in [0, 0.1) is 13.8 Å². The molecule has 0 saturated carbocycles. The molecular weight excluding hydrogens is 416 g/mol. The first-order chi connectivity index (χ1) is 13.5. The lowest BCUT2D eigenvalue weighted by Crippen LogP contribution is -2.51. The first-order valence-electron chi connectivity index (χ1n) is 8.95. The van der Waals surface area contributed by atoms with Crippen LogP contribution in [-0.4, -0.2) is 73.1 Å². The third kappa shape index (κ3) is 4.38. The van der Waals surface area contributed by atoms with Gasteiger partial charge in [-0.1, -0.05) is 11.8 Å². The number of rotatable bonds is 4. The Hall–Kier alpha value is -2.59. The van der Waals surface area contributed by atoms with Crippen molar-refractivity contribution in [2.75, 3.05) is 31.9 Å². The second-order valence-electron chi connectivity index (χ2n) is 6.60. The van der Waals surface area contributed by atoms with Crippen molar-refractivity contribution < 1.29 is 14.0 Å². The predicted octanol–water partition coefficient (Wildman–Crippen LogP) is 1.83. The molecule has 11 heteroatoms.